The van der Waals surface area contributed by atoms with E-state index in [1.54, 1.807) is 16.1 Å². The van der Waals surface area contributed by atoms with Crippen molar-refractivity contribution in [3.05, 3.63) is 53.5 Å². The quantitative estimate of drug-likeness (QED) is 0.540. The van der Waals surface area contributed by atoms with Crippen molar-refractivity contribution in [2.45, 2.75) is 58.4 Å². The molecule has 0 saturated heterocycles. The molecule has 1 fully saturated rings. The Balaban J connectivity index is 1.70. The zero-order valence-corrected chi connectivity index (χ0v) is 19.9. The van der Waals surface area contributed by atoms with Crippen molar-refractivity contribution in [3.63, 3.8) is 0 Å². The Hall–Kier alpha value is -2.67. The fourth-order valence-corrected chi connectivity index (χ4v) is 7.08. The van der Waals surface area contributed by atoms with Gasteiger partial charge >= 0.3 is 0 Å². The summed E-state index contributed by atoms with van der Waals surface area (Å²) in [7, 11) is -1.28. The van der Waals surface area contributed by atoms with E-state index < -0.39 is 16.9 Å². The lowest BCUT2D eigenvalue weighted by molar-refractivity contribution is 0.100. The summed E-state index contributed by atoms with van der Waals surface area (Å²) in [6, 6.07) is 10.7. The van der Waals surface area contributed by atoms with Crippen LogP contribution in [0.25, 0.3) is 22.0 Å². The van der Waals surface area contributed by atoms with Gasteiger partial charge in [0.2, 0.25) is 0 Å². The average molecular weight is 468 g/mol. The van der Waals surface area contributed by atoms with Crippen molar-refractivity contribution in [3.8, 4) is 11.1 Å². The summed E-state index contributed by atoms with van der Waals surface area (Å²) in [4.78, 5) is 12.2. The van der Waals surface area contributed by atoms with Crippen LogP contribution in [0.15, 0.2) is 36.4 Å². The maximum absolute atomic E-state index is 14.2. The third-order valence-corrected chi connectivity index (χ3v) is 8.74. The van der Waals surface area contributed by atoms with Crippen LogP contribution in [-0.2, 0) is 17.4 Å². The number of aromatic nitrogens is 1. The van der Waals surface area contributed by atoms with Crippen LogP contribution in [0.5, 0.6) is 0 Å². The molecule has 2 aliphatic rings. The number of hydrogen-bond donors (Lipinski definition) is 2. The number of benzene rings is 2. The summed E-state index contributed by atoms with van der Waals surface area (Å²) in [5.74, 6) is -0.290. The monoisotopic (exact) mass is 467 g/mol. The highest BCUT2D eigenvalue weighted by Crippen LogP contribution is 2.43. The highest BCUT2D eigenvalue weighted by molar-refractivity contribution is 7.83. The zero-order chi connectivity index (χ0) is 23.3. The van der Waals surface area contributed by atoms with Gasteiger partial charge in [0.05, 0.1) is 11.1 Å². The van der Waals surface area contributed by atoms with E-state index in [2.05, 4.69) is 19.2 Å². The molecule has 2 aromatic carbocycles. The summed E-state index contributed by atoms with van der Waals surface area (Å²) >= 11 is 0. The molecule has 3 N–H and O–H groups in total. The number of carbonyl (C=O) groups is 1. The van der Waals surface area contributed by atoms with Gasteiger partial charge in [0.15, 0.2) is 0 Å². The van der Waals surface area contributed by atoms with E-state index in [9.17, 15) is 13.4 Å². The van der Waals surface area contributed by atoms with Gasteiger partial charge in [-0.3, -0.25) is 8.77 Å². The Labute approximate surface area is 196 Å². The first kappa shape index (κ1) is 22.1. The predicted octanol–water partition coefficient (Wildman–Crippen LogP) is 5.39. The van der Waals surface area contributed by atoms with Crippen LogP contribution in [0.1, 0.15) is 62.0 Å². The highest BCUT2D eigenvalue weighted by Gasteiger charge is 2.35. The smallest absolute Gasteiger partial charge is 0.250 e. The van der Waals surface area contributed by atoms with E-state index in [1.807, 2.05) is 12.1 Å². The van der Waals surface area contributed by atoms with E-state index in [1.165, 1.54) is 31.4 Å². The van der Waals surface area contributed by atoms with Gasteiger partial charge in [-0.05, 0) is 60.6 Å². The van der Waals surface area contributed by atoms with Crippen LogP contribution in [-0.4, -0.2) is 25.9 Å². The minimum Gasteiger partial charge on any atom is -0.382 e. The molecule has 1 amide bonds. The summed E-state index contributed by atoms with van der Waals surface area (Å²) in [6.07, 6.45) is 6.46. The molecule has 7 heteroatoms. The summed E-state index contributed by atoms with van der Waals surface area (Å²) in [6.45, 7) is 4.23. The number of hydrogen-bond acceptors (Lipinski definition) is 3. The van der Waals surface area contributed by atoms with Gasteiger partial charge in [0, 0.05) is 34.1 Å². The van der Waals surface area contributed by atoms with Gasteiger partial charge in [-0.1, -0.05) is 39.2 Å². The standard InChI is InChI=1S/C26H30FN3O2S/c1-26(2)14-23-24(20-11-9-17(27)13-22(20)30(23)33(32)15-26)16-8-10-19(25(28)31)21(12-16)29-18-6-4-3-5-7-18/h8-13,18,29H,3-7,14-15H2,1-2H3,(H2,28,31). The Morgan fingerprint density at radius 1 is 1.15 bits per heavy atom. The maximum Gasteiger partial charge on any atom is 0.250 e. The second kappa shape index (κ2) is 8.28. The Kier molecular flexibility index (Phi) is 5.55. The van der Waals surface area contributed by atoms with Crippen LogP contribution in [0.2, 0.25) is 0 Å². The van der Waals surface area contributed by atoms with Gasteiger partial charge in [0.1, 0.15) is 16.8 Å². The number of primary amides is 1. The molecular weight excluding hydrogens is 437 g/mol. The molecule has 1 aliphatic carbocycles. The fraction of sp³-hybridized carbons (Fsp3) is 0.423. The molecule has 174 valence electrons. The van der Waals surface area contributed by atoms with E-state index >= 15 is 0 Å². The van der Waals surface area contributed by atoms with E-state index in [0.717, 1.165) is 47.2 Å². The largest absolute Gasteiger partial charge is 0.382 e. The van der Waals surface area contributed by atoms with Crippen molar-refractivity contribution in [1.29, 1.82) is 0 Å². The molecule has 1 unspecified atom stereocenters. The number of nitrogens with two attached hydrogens (primary N) is 1. The van der Waals surface area contributed by atoms with Crippen molar-refractivity contribution < 1.29 is 13.4 Å². The van der Waals surface area contributed by atoms with E-state index in [4.69, 9.17) is 5.73 Å². The number of rotatable bonds is 4. The molecule has 33 heavy (non-hydrogen) atoms. The van der Waals surface area contributed by atoms with Gasteiger partial charge in [0.25, 0.3) is 5.91 Å². The van der Waals surface area contributed by atoms with Crippen LogP contribution < -0.4 is 11.1 Å². The number of carbonyl (C=O) groups excluding carboxylic acids is 1. The lowest BCUT2D eigenvalue weighted by Gasteiger charge is -2.31. The molecular formula is C26H30FN3O2S. The van der Waals surface area contributed by atoms with Gasteiger partial charge in [-0.15, -0.1) is 0 Å². The molecule has 5 rings (SSSR count). The average Bonchev–Trinajstić information content (AvgIpc) is 3.06. The molecule has 0 radical (unpaired) electrons. The Bertz CT molecular complexity index is 1270. The third-order valence-electron chi connectivity index (χ3n) is 6.88. The van der Waals surface area contributed by atoms with Crippen LogP contribution in [0, 0.1) is 11.2 Å². The van der Waals surface area contributed by atoms with Crippen LogP contribution in [0.4, 0.5) is 10.1 Å². The zero-order valence-electron chi connectivity index (χ0n) is 19.1. The van der Waals surface area contributed by atoms with E-state index in [-0.39, 0.29) is 11.2 Å². The van der Waals surface area contributed by atoms with Crippen molar-refractivity contribution in [2.24, 2.45) is 11.1 Å². The first-order chi connectivity index (χ1) is 15.7. The summed E-state index contributed by atoms with van der Waals surface area (Å²) in [5, 5.41) is 4.44. The van der Waals surface area contributed by atoms with Crippen molar-refractivity contribution >= 4 is 33.5 Å². The lowest BCUT2D eigenvalue weighted by atomic mass is 9.87. The highest BCUT2D eigenvalue weighted by atomic mass is 32.2. The second-order valence-electron chi connectivity index (χ2n) is 10.2. The minimum absolute atomic E-state index is 0.140. The SMILES string of the molecule is CC1(C)Cc2c(-c3ccc(C(N)=O)c(NC4CCCCC4)c3)c3ccc(F)cc3n2S(=O)C1. The van der Waals surface area contributed by atoms with E-state index in [0.29, 0.717) is 22.9 Å². The second-order valence-corrected chi connectivity index (χ2v) is 11.5. The fourth-order valence-electron chi connectivity index (χ4n) is 5.41. The molecule has 3 aromatic rings. The normalized spacial score (nSPS) is 20.5. The molecule has 2 heterocycles. The number of anilines is 1. The van der Waals surface area contributed by atoms with Crippen molar-refractivity contribution in [1.82, 2.24) is 3.97 Å². The number of halogens is 1. The first-order valence-electron chi connectivity index (χ1n) is 11.7. The number of amides is 1. The topological polar surface area (TPSA) is 77.1 Å². The molecule has 1 saturated carbocycles. The molecule has 1 aromatic heterocycles. The molecule has 1 aliphatic heterocycles. The van der Waals surface area contributed by atoms with Crippen LogP contribution >= 0.6 is 0 Å². The number of fused-ring (bicyclic) bond motifs is 3. The minimum atomic E-state index is -1.28. The number of nitrogens with zero attached hydrogens (tertiary/aromatic N) is 1. The number of nitrogens with one attached hydrogen (secondary N) is 1. The summed E-state index contributed by atoms with van der Waals surface area (Å²) in [5.41, 5.74) is 10.2. The van der Waals surface area contributed by atoms with Crippen LogP contribution in [0.3, 0.4) is 0 Å². The maximum atomic E-state index is 14.2. The molecule has 0 spiro atoms. The van der Waals surface area contributed by atoms with Crippen molar-refractivity contribution in [2.75, 3.05) is 11.1 Å². The molecule has 5 nitrogen and oxygen atoms in total. The molecule has 1 atom stereocenters. The van der Waals surface area contributed by atoms with Gasteiger partial charge in [-0.25, -0.2) is 8.60 Å². The third kappa shape index (κ3) is 4.07. The molecule has 0 bridgehead atoms. The van der Waals surface area contributed by atoms with Gasteiger partial charge in [-0.2, -0.15) is 0 Å². The lowest BCUT2D eigenvalue weighted by Crippen LogP contribution is -2.33. The first-order valence-corrected chi connectivity index (χ1v) is 12.9. The Morgan fingerprint density at radius 3 is 2.64 bits per heavy atom. The predicted molar refractivity (Wildman–Crippen MR) is 132 cm³/mol. The summed E-state index contributed by atoms with van der Waals surface area (Å²) < 4.78 is 29.2. The Morgan fingerprint density at radius 2 is 1.91 bits per heavy atom. The van der Waals surface area contributed by atoms with Gasteiger partial charge < -0.3 is 11.1 Å².